The Kier molecular flexibility index (Phi) is 4.94. The zero-order valence-corrected chi connectivity index (χ0v) is 21.2. The maximum absolute atomic E-state index is 12.3. The number of hydrogen-bond acceptors (Lipinski definition) is 6. The Labute approximate surface area is 214 Å². The number of aldehydes is 1. The van der Waals surface area contributed by atoms with Crippen molar-refractivity contribution in [1.82, 2.24) is 29.6 Å². The first-order valence-electron chi connectivity index (χ1n) is 12.9. The van der Waals surface area contributed by atoms with Crippen LogP contribution in [-0.4, -0.2) is 30.6 Å². The standard InChI is InChI=1S/C29H29N7O/c1-16(2)13-36-24-8-5-17(33-29-30-9-4-10-31-29)11-19(24)26-20-12-32-23(15-37)27(20)25-18(28(26)36)6-7-22-21(25)14-35(3)34-22/h4-5,8-11,14-16,23,32H,6-7,12-13H2,1-3H3,(H,30,31,33). The lowest BCUT2D eigenvalue weighted by Crippen LogP contribution is -2.15. The van der Waals surface area contributed by atoms with E-state index in [1.165, 1.54) is 44.1 Å². The van der Waals surface area contributed by atoms with Crippen LogP contribution in [0.5, 0.6) is 0 Å². The molecule has 2 N–H and O–H groups in total. The van der Waals surface area contributed by atoms with Crippen molar-refractivity contribution in [2.24, 2.45) is 13.0 Å². The van der Waals surface area contributed by atoms with Crippen molar-refractivity contribution in [3.63, 3.8) is 0 Å². The van der Waals surface area contributed by atoms with Gasteiger partial charge in [0, 0.05) is 66.3 Å². The Balaban J connectivity index is 1.58. The minimum absolute atomic E-state index is 0.318. The first-order chi connectivity index (χ1) is 18.0. The summed E-state index contributed by atoms with van der Waals surface area (Å²) in [5, 5.41) is 14.0. The van der Waals surface area contributed by atoms with Gasteiger partial charge in [0.15, 0.2) is 0 Å². The van der Waals surface area contributed by atoms with E-state index in [4.69, 9.17) is 5.10 Å². The molecule has 2 aliphatic rings. The molecule has 0 radical (unpaired) electrons. The van der Waals surface area contributed by atoms with Crippen molar-refractivity contribution in [1.29, 1.82) is 0 Å². The van der Waals surface area contributed by atoms with Gasteiger partial charge in [0.1, 0.15) is 6.29 Å². The lowest BCUT2D eigenvalue weighted by molar-refractivity contribution is -0.109. The number of rotatable bonds is 5. The average Bonchev–Trinajstić information content (AvgIpc) is 3.57. The number of fused-ring (bicyclic) bond motifs is 10. The number of nitrogens with one attached hydrogen (secondary N) is 2. The fourth-order valence-electron chi connectivity index (χ4n) is 6.35. The summed E-state index contributed by atoms with van der Waals surface area (Å²) in [5.41, 5.74) is 10.6. The minimum atomic E-state index is -0.318. The monoisotopic (exact) mass is 491 g/mol. The highest BCUT2D eigenvalue weighted by Crippen LogP contribution is 2.49. The van der Waals surface area contributed by atoms with Crippen LogP contribution in [-0.2, 0) is 37.8 Å². The largest absolute Gasteiger partial charge is 0.340 e. The Morgan fingerprint density at radius 2 is 2.03 bits per heavy atom. The summed E-state index contributed by atoms with van der Waals surface area (Å²) in [6.07, 6.45) is 8.45. The average molecular weight is 492 g/mol. The molecule has 8 nitrogen and oxygen atoms in total. The zero-order valence-electron chi connectivity index (χ0n) is 21.2. The van der Waals surface area contributed by atoms with E-state index in [9.17, 15) is 4.79 Å². The van der Waals surface area contributed by atoms with E-state index in [2.05, 4.69) is 63.4 Å². The summed E-state index contributed by atoms with van der Waals surface area (Å²) in [4.78, 5) is 20.9. The molecule has 4 heterocycles. The summed E-state index contributed by atoms with van der Waals surface area (Å²) in [6, 6.07) is 8.02. The van der Waals surface area contributed by atoms with Gasteiger partial charge in [0.25, 0.3) is 0 Å². The second kappa shape index (κ2) is 8.24. The highest BCUT2D eigenvalue weighted by atomic mass is 16.1. The summed E-state index contributed by atoms with van der Waals surface area (Å²) in [6.45, 7) is 6.12. The van der Waals surface area contributed by atoms with Crippen molar-refractivity contribution < 1.29 is 4.79 Å². The van der Waals surface area contributed by atoms with Gasteiger partial charge < -0.3 is 14.7 Å². The predicted molar refractivity (Wildman–Crippen MR) is 145 cm³/mol. The topological polar surface area (TPSA) is 89.7 Å². The second-order valence-corrected chi connectivity index (χ2v) is 10.6. The van der Waals surface area contributed by atoms with E-state index in [1.54, 1.807) is 12.4 Å². The predicted octanol–water partition coefficient (Wildman–Crippen LogP) is 4.83. The van der Waals surface area contributed by atoms with Crippen LogP contribution in [0.3, 0.4) is 0 Å². The van der Waals surface area contributed by atoms with Gasteiger partial charge in [-0.2, -0.15) is 5.10 Å². The molecule has 0 saturated heterocycles. The molecule has 1 aliphatic carbocycles. The molecule has 5 aromatic rings. The minimum Gasteiger partial charge on any atom is -0.340 e. The molecule has 8 heteroatoms. The first kappa shape index (κ1) is 22.2. The SMILES string of the molecule is CC(C)Cn1c2ccc(Nc3ncccn3)cc2c2c3c(c4c(c21)CCc1nn(C)cc1-4)C(C=O)NC3. The lowest BCUT2D eigenvalue weighted by Gasteiger charge is -2.23. The Hall–Kier alpha value is -4.04. The molecule has 1 atom stereocenters. The van der Waals surface area contributed by atoms with Crippen LogP contribution in [0.25, 0.3) is 32.9 Å². The molecule has 7 rings (SSSR count). The third-order valence-electron chi connectivity index (χ3n) is 7.65. The normalized spacial score (nSPS) is 16.3. The Bertz CT molecular complexity index is 1700. The maximum Gasteiger partial charge on any atom is 0.227 e. The number of aryl methyl sites for hydroxylation is 3. The molecule has 186 valence electrons. The fourth-order valence-corrected chi connectivity index (χ4v) is 6.35. The number of nitrogens with zero attached hydrogens (tertiary/aromatic N) is 5. The Morgan fingerprint density at radius 1 is 1.19 bits per heavy atom. The van der Waals surface area contributed by atoms with Crippen molar-refractivity contribution in [3.8, 4) is 11.1 Å². The van der Waals surface area contributed by atoms with E-state index in [1.807, 2.05) is 17.8 Å². The third-order valence-corrected chi connectivity index (χ3v) is 7.65. The molecule has 1 unspecified atom stereocenters. The number of benzene rings is 2. The summed E-state index contributed by atoms with van der Waals surface area (Å²) >= 11 is 0. The molecule has 2 aromatic carbocycles. The molecule has 3 aromatic heterocycles. The van der Waals surface area contributed by atoms with E-state index in [0.717, 1.165) is 42.6 Å². The van der Waals surface area contributed by atoms with Crippen molar-refractivity contribution in [3.05, 3.63) is 65.2 Å². The van der Waals surface area contributed by atoms with E-state index >= 15 is 0 Å². The number of aromatic nitrogens is 5. The number of carbonyl (C=O) groups is 1. The smallest absolute Gasteiger partial charge is 0.227 e. The van der Waals surface area contributed by atoms with Crippen LogP contribution >= 0.6 is 0 Å². The summed E-state index contributed by atoms with van der Waals surface area (Å²) in [7, 11) is 1.98. The first-order valence-corrected chi connectivity index (χ1v) is 12.9. The van der Waals surface area contributed by atoms with Gasteiger partial charge in [-0.05, 0) is 65.3 Å². The highest BCUT2D eigenvalue weighted by Gasteiger charge is 2.35. The Morgan fingerprint density at radius 3 is 2.81 bits per heavy atom. The molecule has 0 fully saturated rings. The van der Waals surface area contributed by atoms with Crippen LogP contribution in [0.2, 0.25) is 0 Å². The third kappa shape index (κ3) is 3.32. The van der Waals surface area contributed by atoms with Gasteiger partial charge >= 0.3 is 0 Å². The van der Waals surface area contributed by atoms with Crippen molar-refractivity contribution >= 4 is 39.7 Å². The zero-order chi connectivity index (χ0) is 25.3. The molecule has 0 saturated carbocycles. The van der Waals surface area contributed by atoms with E-state index in [0.29, 0.717) is 18.4 Å². The van der Waals surface area contributed by atoms with Gasteiger partial charge in [-0.1, -0.05) is 13.8 Å². The van der Waals surface area contributed by atoms with Crippen molar-refractivity contribution in [2.75, 3.05) is 5.32 Å². The van der Waals surface area contributed by atoms with Gasteiger partial charge in [-0.25, -0.2) is 9.97 Å². The van der Waals surface area contributed by atoms with Crippen LogP contribution in [0.15, 0.2) is 42.9 Å². The quantitative estimate of drug-likeness (QED) is 0.343. The molecular weight excluding hydrogens is 462 g/mol. The van der Waals surface area contributed by atoms with E-state index < -0.39 is 0 Å². The lowest BCUT2D eigenvalue weighted by atomic mass is 9.81. The maximum atomic E-state index is 12.3. The summed E-state index contributed by atoms with van der Waals surface area (Å²) < 4.78 is 4.41. The highest BCUT2D eigenvalue weighted by molar-refractivity contribution is 6.15. The van der Waals surface area contributed by atoms with Gasteiger partial charge in [-0.15, -0.1) is 0 Å². The number of carbonyl (C=O) groups excluding carboxylic acids is 1. The second-order valence-electron chi connectivity index (χ2n) is 10.6. The fraction of sp³-hybridized carbons (Fsp3) is 0.310. The van der Waals surface area contributed by atoms with Crippen LogP contribution < -0.4 is 10.6 Å². The molecular formula is C29H29N7O. The van der Waals surface area contributed by atoms with Crippen LogP contribution in [0, 0.1) is 5.92 Å². The molecule has 0 spiro atoms. The van der Waals surface area contributed by atoms with Crippen LogP contribution in [0.1, 0.15) is 42.3 Å². The molecule has 0 amide bonds. The summed E-state index contributed by atoms with van der Waals surface area (Å²) in [5.74, 6) is 1.05. The number of anilines is 2. The van der Waals surface area contributed by atoms with Gasteiger partial charge in [0.05, 0.1) is 17.3 Å². The molecule has 0 bridgehead atoms. The molecule has 1 aliphatic heterocycles. The van der Waals surface area contributed by atoms with Gasteiger partial charge in [0.2, 0.25) is 5.95 Å². The van der Waals surface area contributed by atoms with Crippen molar-refractivity contribution in [2.45, 2.75) is 45.8 Å². The number of hydrogen-bond donors (Lipinski definition) is 2. The molecule has 37 heavy (non-hydrogen) atoms. The van der Waals surface area contributed by atoms with Gasteiger partial charge in [-0.3, -0.25) is 10.00 Å². The van der Waals surface area contributed by atoms with Crippen LogP contribution in [0.4, 0.5) is 11.6 Å². The van der Waals surface area contributed by atoms with E-state index in [-0.39, 0.29) is 6.04 Å².